The average molecular weight is 698 g/mol. The van der Waals surface area contributed by atoms with E-state index in [4.69, 9.17) is 26.1 Å². The molecule has 4 aromatic rings. The highest BCUT2D eigenvalue weighted by Gasteiger charge is 2.21. The summed E-state index contributed by atoms with van der Waals surface area (Å²) in [4.78, 5) is 17.9. The maximum Gasteiger partial charge on any atom is 0.316 e. The van der Waals surface area contributed by atoms with Crippen molar-refractivity contribution in [2.75, 3.05) is 23.9 Å². The van der Waals surface area contributed by atoms with E-state index in [0.717, 1.165) is 45.8 Å². The summed E-state index contributed by atoms with van der Waals surface area (Å²) >= 11 is 10.6. The number of rotatable bonds is 14. The number of nitrogens with zero attached hydrogens (tertiary/aromatic N) is 2. The van der Waals surface area contributed by atoms with Crippen molar-refractivity contribution in [3.05, 3.63) is 100.0 Å². The van der Waals surface area contributed by atoms with E-state index in [-0.39, 0.29) is 18.1 Å². The van der Waals surface area contributed by atoms with Crippen molar-refractivity contribution >= 4 is 56.1 Å². The molecule has 10 heteroatoms. The van der Waals surface area contributed by atoms with Gasteiger partial charge in [0.1, 0.15) is 29.6 Å². The Balaban J connectivity index is 1.54. The molecular weight excluding hydrogens is 668 g/mol. The molecule has 0 saturated carbocycles. The van der Waals surface area contributed by atoms with Crippen LogP contribution in [-0.4, -0.2) is 45.1 Å². The Labute approximate surface area is 272 Å². The van der Waals surface area contributed by atoms with Gasteiger partial charge in [-0.2, -0.15) is 5.26 Å². The molecule has 1 aromatic heterocycles. The molecule has 0 aliphatic carbocycles. The Bertz CT molecular complexity index is 1580. The van der Waals surface area contributed by atoms with Crippen LogP contribution in [-0.2, 0) is 20.3 Å². The van der Waals surface area contributed by atoms with E-state index in [2.05, 4.69) is 22.0 Å². The molecule has 2 unspecified atom stereocenters. The van der Waals surface area contributed by atoms with Crippen molar-refractivity contribution in [1.29, 1.82) is 5.26 Å². The maximum atomic E-state index is 13.1. The molecule has 0 aliphatic heterocycles. The number of unbranched alkanes of at least 4 members (excludes halogenated alkanes) is 1. The molecule has 0 amide bonds. The number of carbonyl (C=O) groups is 1. The summed E-state index contributed by atoms with van der Waals surface area (Å²) in [6.07, 6.45) is 1.04. The maximum absolute atomic E-state index is 13.1. The fraction of sp³-hybridized carbons (Fsp3) is 0.242. The second-order valence-electron chi connectivity index (χ2n) is 9.55. The number of hydrogen-bond acceptors (Lipinski definition) is 7. The van der Waals surface area contributed by atoms with Gasteiger partial charge in [0.2, 0.25) is 0 Å². The van der Waals surface area contributed by atoms with Gasteiger partial charge in [-0.15, -0.1) is 0 Å². The topological polar surface area (TPSA) is 89.3 Å². The Kier molecular flexibility index (Phi) is 12.7. The largest absolute Gasteiger partial charge is 0.490 e. The van der Waals surface area contributed by atoms with Crippen LogP contribution in [0.15, 0.2) is 94.4 Å². The van der Waals surface area contributed by atoms with E-state index in [1.54, 1.807) is 24.3 Å². The van der Waals surface area contributed by atoms with Gasteiger partial charge in [0, 0.05) is 37.2 Å². The van der Waals surface area contributed by atoms with Gasteiger partial charge in [0.05, 0.1) is 22.8 Å². The highest BCUT2D eigenvalue weighted by molar-refractivity contribution is 9.10. The monoisotopic (exact) mass is 696 g/mol. The number of esters is 1. The van der Waals surface area contributed by atoms with Crippen molar-refractivity contribution in [2.45, 2.75) is 30.9 Å². The minimum atomic E-state index is -1.17. The predicted molar refractivity (Wildman–Crippen MR) is 178 cm³/mol. The van der Waals surface area contributed by atoms with Gasteiger partial charge < -0.3 is 9.47 Å². The minimum absolute atomic E-state index is 0.0504. The predicted octanol–water partition coefficient (Wildman–Crippen LogP) is 8.33. The van der Waals surface area contributed by atoms with Crippen LogP contribution in [0, 0.1) is 11.3 Å². The zero-order valence-electron chi connectivity index (χ0n) is 23.5. The summed E-state index contributed by atoms with van der Waals surface area (Å²) in [5.74, 6) is 0.672. The summed E-state index contributed by atoms with van der Waals surface area (Å²) in [6.45, 7) is 2.09. The number of pyridine rings is 1. The highest BCUT2D eigenvalue weighted by atomic mass is 79.9. The first-order valence-corrected chi connectivity index (χ1v) is 17.3. The number of ether oxygens (including phenoxy) is 2. The first-order valence-electron chi connectivity index (χ1n) is 13.7. The highest BCUT2D eigenvalue weighted by Crippen LogP contribution is 2.34. The molecule has 4 rings (SSSR count). The SMILES string of the molecule is CCCCS(=O)CC(COc1ccc(Cl)cc1)OC(=O)CSc1nc(-c2ccc(Br)cc2)cc(-c2ccccc2)c1C#N. The molecule has 0 fully saturated rings. The summed E-state index contributed by atoms with van der Waals surface area (Å²) in [6, 6.07) is 28.4. The first kappa shape index (κ1) is 32.7. The normalized spacial score (nSPS) is 12.2. The molecule has 6 nitrogen and oxygen atoms in total. The van der Waals surface area contributed by atoms with Crippen LogP contribution < -0.4 is 4.74 Å². The average Bonchev–Trinajstić information content (AvgIpc) is 3.02. The van der Waals surface area contributed by atoms with Gasteiger partial charge in [-0.25, -0.2) is 4.98 Å². The molecule has 2 atom stereocenters. The molecule has 0 bridgehead atoms. The van der Waals surface area contributed by atoms with E-state index in [0.29, 0.717) is 32.8 Å². The molecule has 0 aliphatic rings. The van der Waals surface area contributed by atoms with Gasteiger partial charge in [-0.1, -0.05) is 95.1 Å². The van der Waals surface area contributed by atoms with Crippen molar-refractivity contribution < 1.29 is 18.5 Å². The van der Waals surface area contributed by atoms with Crippen molar-refractivity contribution in [3.63, 3.8) is 0 Å². The van der Waals surface area contributed by atoms with Crippen molar-refractivity contribution in [3.8, 4) is 34.2 Å². The molecule has 3 aromatic carbocycles. The van der Waals surface area contributed by atoms with Crippen LogP contribution in [0.1, 0.15) is 25.3 Å². The van der Waals surface area contributed by atoms with Crippen LogP contribution in [0.3, 0.4) is 0 Å². The van der Waals surface area contributed by atoms with Gasteiger partial charge in [-0.3, -0.25) is 9.00 Å². The summed E-state index contributed by atoms with van der Waals surface area (Å²) in [5, 5.41) is 11.2. The van der Waals surface area contributed by atoms with E-state index in [1.807, 2.05) is 67.6 Å². The van der Waals surface area contributed by atoms with Gasteiger partial charge in [0.25, 0.3) is 0 Å². The number of aromatic nitrogens is 1. The summed E-state index contributed by atoms with van der Waals surface area (Å²) < 4.78 is 25.2. The molecule has 222 valence electrons. The van der Waals surface area contributed by atoms with Crippen LogP contribution in [0.25, 0.3) is 22.4 Å². The lowest BCUT2D eigenvalue weighted by atomic mass is 9.99. The molecule has 1 heterocycles. The fourth-order valence-corrected chi connectivity index (χ4v) is 6.66. The van der Waals surface area contributed by atoms with E-state index in [1.165, 1.54) is 0 Å². The second kappa shape index (κ2) is 16.6. The number of nitriles is 1. The van der Waals surface area contributed by atoms with Crippen molar-refractivity contribution in [2.24, 2.45) is 0 Å². The summed E-state index contributed by atoms with van der Waals surface area (Å²) in [7, 11) is -1.17. The fourth-order valence-electron chi connectivity index (χ4n) is 4.13. The third-order valence-electron chi connectivity index (χ3n) is 6.29. The summed E-state index contributed by atoms with van der Waals surface area (Å²) in [5.41, 5.74) is 3.55. The number of carbonyl (C=O) groups excluding carboxylic acids is 1. The molecule has 43 heavy (non-hydrogen) atoms. The second-order valence-corrected chi connectivity index (χ2v) is 13.5. The van der Waals surface area contributed by atoms with Crippen LogP contribution in [0.2, 0.25) is 5.02 Å². The lowest BCUT2D eigenvalue weighted by Gasteiger charge is -2.19. The van der Waals surface area contributed by atoms with E-state index < -0.39 is 22.9 Å². The first-order chi connectivity index (χ1) is 20.9. The van der Waals surface area contributed by atoms with Gasteiger partial charge in [0.15, 0.2) is 0 Å². The number of halogens is 2. The zero-order valence-corrected chi connectivity index (χ0v) is 27.5. The van der Waals surface area contributed by atoms with Crippen molar-refractivity contribution in [1.82, 2.24) is 4.98 Å². The Hall–Kier alpha value is -3.16. The number of benzene rings is 3. The zero-order chi connectivity index (χ0) is 30.6. The van der Waals surface area contributed by atoms with E-state index >= 15 is 0 Å². The smallest absolute Gasteiger partial charge is 0.316 e. The number of thioether (sulfide) groups is 1. The molecular formula is C33H30BrClN2O4S2. The standard InChI is InChI=1S/C33H30BrClN2O4S2/c1-2-3-17-43(39)22-28(20-40-27-15-13-26(35)14-16-27)41-32(38)21-42-33-30(19-36)29(23-7-5-4-6-8-23)18-31(37-33)24-9-11-25(34)12-10-24/h4-16,18,28H,2-3,17,20-22H2,1H3. The van der Waals surface area contributed by atoms with Gasteiger partial charge >= 0.3 is 5.97 Å². The Morgan fingerprint density at radius 2 is 1.79 bits per heavy atom. The van der Waals surface area contributed by atoms with Gasteiger partial charge in [-0.05, 0) is 54.4 Å². The van der Waals surface area contributed by atoms with Crippen LogP contribution >= 0.6 is 39.3 Å². The Morgan fingerprint density at radius 1 is 1.07 bits per heavy atom. The molecule has 0 radical (unpaired) electrons. The minimum Gasteiger partial charge on any atom is -0.490 e. The third kappa shape index (κ3) is 9.94. The Morgan fingerprint density at radius 3 is 2.47 bits per heavy atom. The molecule has 0 N–H and O–H groups in total. The lowest BCUT2D eigenvalue weighted by molar-refractivity contribution is -0.146. The van der Waals surface area contributed by atoms with Crippen LogP contribution in [0.4, 0.5) is 0 Å². The third-order valence-corrected chi connectivity index (χ3v) is 9.51. The quantitative estimate of drug-likeness (QED) is 0.0967. The number of hydrogen-bond donors (Lipinski definition) is 0. The van der Waals surface area contributed by atoms with E-state index in [9.17, 15) is 14.3 Å². The molecule has 0 spiro atoms. The molecule has 0 saturated heterocycles. The van der Waals surface area contributed by atoms with Crippen LogP contribution in [0.5, 0.6) is 5.75 Å². The lowest BCUT2D eigenvalue weighted by Crippen LogP contribution is -2.31.